The second-order valence-corrected chi connectivity index (χ2v) is 7.29. The molecule has 6 nitrogen and oxygen atoms in total. The van der Waals surface area contributed by atoms with Crippen molar-refractivity contribution >= 4 is 16.9 Å². The molecule has 4 aromatic rings. The summed E-state index contributed by atoms with van der Waals surface area (Å²) in [4.78, 5) is 17.9. The fraction of sp³-hybridized carbons (Fsp3) is 0.200. The van der Waals surface area contributed by atoms with Crippen molar-refractivity contribution in [2.45, 2.75) is 12.5 Å². The zero-order valence-electron chi connectivity index (χ0n) is 17.8. The summed E-state index contributed by atoms with van der Waals surface area (Å²) < 4.78 is 12.7. The molecule has 0 spiro atoms. The molecule has 31 heavy (non-hydrogen) atoms. The highest BCUT2D eigenvalue weighted by Crippen LogP contribution is 2.28. The van der Waals surface area contributed by atoms with Gasteiger partial charge in [-0.3, -0.25) is 4.79 Å². The molecule has 0 radical (unpaired) electrons. The van der Waals surface area contributed by atoms with Crippen LogP contribution in [0.5, 0.6) is 11.5 Å². The number of aromatic nitrogens is 2. The number of aryl methyl sites for hydroxylation is 1. The summed E-state index contributed by atoms with van der Waals surface area (Å²) in [5.74, 6) is 1.82. The Bertz CT molecular complexity index is 1200. The van der Waals surface area contributed by atoms with E-state index < -0.39 is 0 Å². The Kier molecular flexibility index (Phi) is 5.89. The number of nitrogens with zero attached hydrogens (tertiary/aromatic N) is 2. The second-order valence-electron chi connectivity index (χ2n) is 7.29. The van der Waals surface area contributed by atoms with E-state index in [2.05, 4.69) is 9.88 Å². The monoisotopic (exact) mass is 415 g/mol. The summed E-state index contributed by atoms with van der Waals surface area (Å²) in [7, 11) is 5.13. The van der Waals surface area contributed by atoms with E-state index >= 15 is 0 Å². The van der Waals surface area contributed by atoms with Crippen molar-refractivity contribution in [3.63, 3.8) is 0 Å². The molecule has 0 unspecified atom stereocenters. The topological polar surface area (TPSA) is 65.4 Å². The predicted molar refractivity (Wildman–Crippen MR) is 121 cm³/mol. The lowest BCUT2D eigenvalue weighted by Crippen LogP contribution is -2.30. The molecule has 0 saturated carbocycles. The summed E-state index contributed by atoms with van der Waals surface area (Å²) in [6.45, 7) is 0. The van der Waals surface area contributed by atoms with E-state index in [4.69, 9.17) is 14.5 Å². The minimum Gasteiger partial charge on any atom is -0.493 e. The summed E-state index contributed by atoms with van der Waals surface area (Å²) in [5.41, 5.74) is 3.53. The van der Waals surface area contributed by atoms with E-state index in [1.54, 1.807) is 32.4 Å². The van der Waals surface area contributed by atoms with Crippen LogP contribution in [-0.4, -0.2) is 29.7 Å². The molecule has 1 aromatic heterocycles. The minimum atomic E-state index is -0.239. The molecule has 0 aliphatic rings. The van der Waals surface area contributed by atoms with Gasteiger partial charge >= 0.3 is 0 Å². The number of ether oxygens (including phenoxy) is 2. The zero-order chi connectivity index (χ0) is 21.8. The van der Waals surface area contributed by atoms with E-state index in [1.165, 1.54) is 0 Å². The second kappa shape index (κ2) is 8.92. The Morgan fingerprint density at radius 2 is 1.68 bits per heavy atom. The maximum Gasteiger partial charge on any atom is 0.251 e. The number of hydrogen-bond donors (Lipinski definition) is 1. The normalized spacial score (nSPS) is 11.8. The van der Waals surface area contributed by atoms with Crippen molar-refractivity contribution in [2.24, 2.45) is 7.05 Å². The van der Waals surface area contributed by atoms with Gasteiger partial charge in [-0.05, 0) is 35.9 Å². The molecule has 1 amide bonds. The maximum atomic E-state index is 13.1. The first-order valence-electron chi connectivity index (χ1n) is 10.1. The quantitative estimate of drug-likeness (QED) is 0.489. The summed E-state index contributed by atoms with van der Waals surface area (Å²) >= 11 is 0. The van der Waals surface area contributed by atoms with Crippen LogP contribution in [0.1, 0.15) is 27.8 Å². The maximum absolute atomic E-state index is 13.1. The van der Waals surface area contributed by atoms with Crippen molar-refractivity contribution in [1.29, 1.82) is 0 Å². The molecule has 0 aliphatic carbocycles. The number of fused-ring (bicyclic) bond motifs is 1. The molecule has 6 heteroatoms. The van der Waals surface area contributed by atoms with Gasteiger partial charge < -0.3 is 19.4 Å². The largest absolute Gasteiger partial charge is 0.493 e. The third-order valence-corrected chi connectivity index (χ3v) is 5.42. The van der Waals surface area contributed by atoms with Gasteiger partial charge in [-0.2, -0.15) is 0 Å². The van der Waals surface area contributed by atoms with Crippen LogP contribution in [0.2, 0.25) is 0 Å². The van der Waals surface area contributed by atoms with Crippen molar-refractivity contribution in [3.8, 4) is 11.5 Å². The molecule has 1 atom stereocenters. The molecular formula is C25H25N3O3. The van der Waals surface area contributed by atoms with Gasteiger partial charge in [0, 0.05) is 19.0 Å². The SMILES string of the molecule is COc1ccc(C(=O)N[C@H](Cc2nc3ccccc3n2C)c2ccccc2)cc1OC. The number of methoxy groups -OCH3 is 2. The number of carbonyl (C=O) groups excluding carboxylic acids is 1. The van der Waals surface area contributed by atoms with E-state index in [-0.39, 0.29) is 11.9 Å². The van der Waals surface area contributed by atoms with Gasteiger partial charge in [-0.25, -0.2) is 4.98 Å². The van der Waals surface area contributed by atoms with Crippen LogP contribution in [0.3, 0.4) is 0 Å². The summed E-state index contributed by atoms with van der Waals surface area (Å²) in [5, 5.41) is 3.17. The van der Waals surface area contributed by atoms with E-state index in [0.717, 1.165) is 22.4 Å². The first-order valence-corrected chi connectivity index (χ1v) is 10.1. The third kappa shape index (κ3) is 4.23. The molecule has 0 aliphatic heterocycles. The van der Waals surface area contributed by atoms with Crippen LogP contribution >= 0.6 is 0 Å². The summed E-state index contributed by atoms with van der Waals surface area (Å²) in [6, 6.07) is 22.9. The van der Waals surface area contributed by atoms with Crippen LogP contribution in [0.4, 0.5) is 0 Å². The van der Waals surface area contributed by atoms with Gasteiger partial charge in [0.15, 0.2) is 11.5 Å². The number of carbonyl (C=O) groups is 1. The first-order chi connectivity index (χ1) is 15.1. The molecule has 158 valence electrons. The molecule has 0 saturated heterocycles. The van der Waals surface area contributed by atoms with Gasteiger partial charge in [0.25, 0.3) is 5.91 Å². The van der Waals surface area contributed by atoms with Gasteiger partial charge in [0.05, 0.1) is 31.3 Å². The number of para-hydroxylation sites is 2. The molecule has 1 N–H and O–H groups in total. The van der Waals surface area contributed by atoms with Crippen LogP contribution in [0.15, 0.2) is 72.8 Å². The van der Waals surface area contributed by atoms with Gasteiger partial charge in [0.1, 0.15) is 5.82 Å². The van der Waals surface area contributed by atoms with Crippen LogP contribution in [0.25, 0.3) is 11.0 Å². The molecule has 4 rings (SSSR count). The third-order valence-electron chi connectivity index (χ3n) is 5.42. The Hall–Kier alpha value is -3.80. The lowest BCUT2D eigenvalue weighted by atomic mass is 10.0. The number of benzene rings is 3. The minimum absolute atomic E-state index is 0.187. The van der Waals surface area contributed by atoms with Crippen molar-refractivity contribution < 1.29 is 14.3 Å². The standard InChI is InChI=1S/C25H25N3O3/c1-28-21-12-8-7-11-19(21)26-24(28)16-20(17-9-5-4-6-10-17)27-25(29)18-13-14-22(30-2)23(15-18)31-3/h4-15,20H,16H2,1-3H3,(H,27,29)/t20-/m1/s1. The number of amides is 1. The van der Waals surface area contributed by atoms with Crippen LogP contribution < -0.4 is 14.8 Å². The molecular weight excluding hydrogens is 390 g/mol. The van der Waals surface area contributed by atoms with Gasteiger partial charge in [-0.15, -0.1) is 0 Å². The number of hydrogen-bond acceptors (Lipinski definition) is 4. The van der Waals surface area contributed by atoms with Crippen molar-refractivity contribution in [3.05, 3.63) is 89.7 Å². The number of imidazole rings is 1. The van der Waals surface area contributed by atoms with Gasteiger partial charge in [0.2, 0.25) is 0 Å². The lowest BCUT2D eigenvalue weighted by molar-refractivity contribution is 0.0935. The van der Waals surface area contributed by atoms with Crippen LogP contribution in [0, 0.1) is 0 Å². The number of rotatable bonds is 7. The molecule has 3 aromatic carbocycles. The molecule has 0 fully saturated rings. The molecule has 1 heterocycles. The smallest absolute Gasteiger partial charge is 0.251 e. The lowest BCUT2D eigenvalue weighted by Gasteiger charge is -2.20. The van der Waals surface area contributed by atoms with Crippen molar-refractivity contribution in [2.75, 3.05) is 14.2 Å². The van der Waals surface area contributed by atoms with E-state index in [9.17, 15) is 4.79 Å². The predicted octanol–water partition coefficient (Wildman–Crippen LogP) is 4.30. The highest BCUT2D eigenvalue weighted by atomic mass is 16.5. The average Bonchev–Trinajstić information content (AvgIpc) is 3.14. The fourth-order valence-corrected chi connectivity index (χ4v) is 3.72. The fourth-order valence-electron chi connectivity index (χ4n) is 3.72. The molecule has 0 bridgehead atoms. The Labute approximate surface area is 181 Å². The Morgan fingerprint density at radius 1 is 0.968 bits per heavy atom. The summed E-state index contributed by atoms with van der Waals surface area (Å²) in [6.07, 6.45) is 0.564. The zero-order valence-corrected chi connectivity index (χ0v) is 17.8. The highest BCUT2D eigenvalue weighted by molar-refractivity contribution is 5.95. The Balaban J connectivity index is 1.64. The Morgan fingerprint density at radius 3 is 2.39 bits per heavy atom. The highest BCUT2D eigenvalue weighted by Gasteiger charge is 2.20. The van der Waals surface area contributed by atoms with Crippen LogP contribution in [-0.2, 0) is 13.5 Å². The average molecular weight is 415 g/mol. The van der Waals surface area contributed by atoms with E-state index in [1.807, 2.05) is 61.6 Å². The van der Waals surface area contributed by atoms with E-state index in [0.29, 0.717) is 23.5 Å². The number of nitrogens with one attached hydrogen (secondary N) is 1. The van der Waals surface area contributed by atoms with Crippen molar-refractivity contribution in [1.82, 2.24) is 14.9 Å². The first kappa shape index (κ1) is 20.5. The van der Waals surface area contributed by atoms with Gasteiger partial charge in [-0.1, -0.05) is 42.5 Å².